The fourth-order valence-corrected chi connectivity index (χ4v) is 4.96. The van der Waals surface area contributed by atoms with E-state index in [1.807, 2.05) is 59.0 Å². The monoisotopic (exact) mass is 506 g/mol. The first-order chi connectivity index (χ1) is 17.4. The van der Waals surface area contributed by atoms with Gasteiger partial charge in [0.15, 0.2) is 0 Å². The molecule has 0 bridgehead atoms. The number of hydrogen-bond acceptors (Lipinski definition) is 6. The lowest BCUT2D eigenvalue weighted by atomic mass is 10.1. The summed E-state index contributed by atoms with van der Waals surface area (Å²) in [5.41, 5.74) is 3.41. The lowest BCUT2D eigenvalue weighted by Crippen LogP contribution is -2.55. The quantitative estimate of drug-likeness (QED) is 0.447. The molecule has 0 saturated carbocycles. The van der Waals surface area contributed by atoms with Crippen LogP contribution < -0.4 is 10.5 Å². The zero-order valence-electron chi connectivity index (χ0n) is 20.1. The van der Waals surface area contributed by atoms with Crippen molar-refractivity contribution >= 4 is 34.4 Å². The van der Waals surface area contributed by atoms with Gasteiger partial charge in [0.1, 0.15) is 6.61 Å². The molecule has 1 aliphatic heterocycles. The maximum Gasteiger partial charge on any atom is 0.274 e. The fraction of sp³-hybridized carbons (Fsp3) is 0.308. The molecule has 1 atom stereocenters. The minimum absolute atomic E-state index is 0.0444. The highest BCUT2D eigenvalue weighted by Gasteiger charge is 2.28. The SMILES string of the molecule is CC1CN(c2ncc(-c3ccc4c(=O)n(C)n(Cc5ccccc5Cl)c4c3)cn2)CCN1C(=O)CO. The third kappa shape index (κ3) is 4.36. The molecule has 3 heterocycles. The van der Waals surface area contributed by atoms with Gasteiger partial charge >= 0.3 is 0 Å². The number of amides is 1. The number of benzene rings is 2. The molecular formula is C26H27ClN6O3. The smallest absolute Gasteiger partial charge is 0.274 e. The van der Waals surface area contributed by atoms with Crippen LogP contribution in [0.1, 0.15) is 12.5 Å². The number of halogens is 1. The minimum atomic E-state index is -0.479. The second kappa shape index (κ2) is 9.75. The van der Waals surface area contributed by atoms with E-state index < -0.39 is 6.61 Å². The molecular weight excluding hydrogens is 480 g/mol. The van der Waals surface area contributed by atoms with Gasteiger partial charge in [-0.05, 0) is 36.2 Å². The van der Waals surface area contributed by atoms with Crippen LogP contribution in [-0.4, -0.2) is 67.5 Å². The highest BCUT2D eigenvalue weighted by molar-refractivity contribution is 6.31. The molecule has 1 fully saturated rings. The second-order valence-electron chi connectivity index (χ2n) is 9.02. The van der Waals surface area contributed by atoms with Crippen LogP contribution in [0.2, 0.25) is 5.02 Å². The Morgan fingerprint density at radius 3 is 2.56 bits per heavy atom. The highest BCUT2D eigenvalue weighted by Crippen LogP contribution is 2.25. The van der Waals surface area contributed by atoms with Gasteiger partial charge in [-0.25, -0.2) is 9.97 Å². The van der Waals surface area contributed by atoms with Crippen molar-refractivity contribution in [3.8, 4) is 11.1 Å². The molecule has 186 valence electrons. The Labute approximate surface area is 213 Å². The Kier molecular flexibility index (Phi) is 6.51. The molecule has 0 radical (unpaired) electrons. The first-order valence-corrected chi connectivity index (χ1v) is 12.2. The third-order valence-corrected chi connectivity index (χ3v) is 7.15. The largest absolute Gasteiger partial charge is 0.387 e. The molecule has 2 aromatic heterocycles. The van der Waals surface area contributed by atoms with Crippen molar-refractivity contribution in [2.75, 3.05) is 31.1 Å². The molecule has 1 amide bonds. The third-order valence-electron chi connectivity index (χ3n) is 6.78. The van der Waals surface area contributed by atoms with Crippen molar-refractivity contribution in [1.29, 1.82) is 0 Å². The normalized spacial score (nSPS) is 16.1. The zero-order chi connectivity index (χ0) is 25.4. The van der Waals surface area contributed by atoms with Gasteiger partial charge in [0.25, 0.3) is 5.56 Å². The maximum absolute atomic E-state index is 12.8. The molecule has 1 unspecified atom stereocenters. The Bertz CT molecular complexity index is 1480. The number of aliphatic hydroxyl groups excluding tert-OH is 1. The summed E-state index contributed by atoms with van der Waals surface area (Å²) < 4.78 is 3.53. The van der Waals surface area contributed by atoms with Gasteiger partial charge in [-0.1, -0.05) is 35.9 Å². The van der Waals surface area contributed by atoms with Crippen LogP contribution in [0.4, 0.5) is 5.95 Å². The Morgan fingerprint density at radius 2 is 1.86 bits per heavy atom. The van der Waals surface area contributed by atoms with Crippen LogP contribution in [0.5, 0.6) is 0 Å². The number of nitrogens with zero attached hydrogens (tertiary/aromatic N) is 6. The molecule has 1 aliphatic rings. The molecule has 4 aromatic rings. The predicted molar refractivity (Wildman–Crippen MR) is 139 cm³/mol. The van der Waals surface area contributed by atoms with Crippen molar-refractivity contribution in [1.82, 2.24) is 24.2 Å². The standard InChI is InChI=1S/C26H27ClN6O3/c1-17-14-31(9-10-32(17)24(35)16-34)26-28-12-20(13-29-26)18-7-8-21-23(11-18)33(30(2)25(21)36)15-19-5-3-4-6-22(19)27/h3-8,11-13,17,34H,9-10,14-16H2,1-2H3. The van der Waals surface area contributed by atoms with E-state index in [-0.39, 0.29) is 17.5 Å². The van der Waals surface area contributed by atoms with E-state index in [1.165, 1.54) is 0 Å². The van der Waals surface area contributed by atoms with E-state index in [4.69, 9.17) is 16.7 Å². The molecule has 5 rings (SSSR count). The number of aliphatic hydroxyl groups is 1. The van der Waals surface area contributed by atoms with Crippen molar-refractivity contribution in [2.45, 2.75) is 19.5 Å². The minimum Gasteiger partial charge on any atom is -0.387 e. The average Bonchev–Trinajstić information content (AvgIpc) is 3.13. The summed E-state index contributed by atoms with van der Waals surface area (Å²) in [6.45, 7) is 3.64. The van der Waals surface area contributed by atoms with Gasteiger partial charge in [-0.3, -0.25) is 19.0 Å². The molecule has 0 aliphatic carbocycles. The van der Waals surface area contributed by atoms with Crippen LogP contribution >= 0.6 is 11.6 Å². The van der Waals surface area contributed by atoms with E-state index in [0.717, 1.165) is 22.2 Å². The molecule has 1 saturated heterocycles. The maximum atomic E-state index is 12.8. The number of hydrogen-bond donors (Lipinski definition) is 1. The molecule has 0 spiro atoms. The van der Waals surface area contributed by atoms with Crippen molar-refractivity contribution in [2.24, 2.45) is 7.05 Å². The number of rotatable bonds is 5. The van der Waals surface area contributed by atoms with Gasteiger partial charge in [0, 0.05) is 55.7 Å². The van der Waals surface area contributed by atoms with Gasteiger partial charge in [-0.15, -0.1) is 0 Å². The van der Waals surface area contributed by atoms with E-state index in [0.29, 0.717) is 42.5 Å². The number of piperazine rings is 1. The van der Waals surface area contributed by atoms with Crippen LogP contribution in [0, 0.1) is 0 Å². The van der Waals surface area contributed by atoms with Gasteiger partial charge in [0.2, 0.25) is 11.9 Å². The summed E-state index contributed by atoms with van der Waals surface area (Å²) in [5.74, 6) is 0.334. The molecule has 1 N–H and O–H groups in total. The van der Waals surface area contributed by atoms with Crippen LogP contribution in [-0.2, 0) is 18.4 Å². The van der Waals surface area contributed by atoms with E-state index in [9.17, 15) is 9.59 Å². The number of anilines is 1. The first kappa shape index (κ1) is 24.0. The number of fused-ring (bicyclic) bond motifs is 1. The first-order valence-electron chi connectivity index (χ1n) is 11.8. The zero-order valence-corrected chi connectivity index (χ0v) is 20.9. The summed E-state index contributed by atoms with van der Waals surface area (Å²) in [6, 6.07) is 13.3. The van der Waals surface area contributed by atoms with Gasteiger partial charge in [-0.2, -0.15) is 0 Å². The number of carbonyl (C=O) groups is 1. The molecule has 2 aromatic carbocycles. The Balaban J connectivity index is 1.42. The lowest BCUT2D eigenvalue weighted by Gasteiger charge is -2.39. The number of carbonyl (C=O) groups excluding carboxylic acids is 1. The highest BCUT2D eigenvalue weighted by atomic mass is 35.5. The van der Waals surface area contributed by atoms with E-state index in [2.05, 4.69) is 9.97 Å². The van der Waals surface area contributed by atoms with Gasteiger partial charge in [0.05, 0.1) is 17.4 Å². The van der Waals surface area contributed by atoms with Crippen molar-refractivity contribution < 1.29 is 9.90 Å². The second-order valence-corrected chi connectivity index (χ2v) is 9.43. The molecule has 10 heteroatoms. The number of aromatic nitrogens is 4. The summed E-state index contributed by atoms with van der Waals surface area (Å²) >= 11 is 6.38. The summed E-state index contributed by atoms with van der Waals surface area (Å²) in [6.07, 6.45) is 3.55. The summed E-state index contributed by atoms with van der Waals surface area (Å²) in [5, 5.41) is 10.4. The lowest BCUT2D eigenvalue weighted by molar-refractivity contribution is -0.136. The van der Waals surface area contributed by atoms with Crippen LogP contribution in [0.3, 0.4) is 0 Å². The predicted octanol–water partition coefficient (Wildman–Crippen LogP) is 2.53. The van der Waals surface area contributed by atoms with Crippen molar-refractivity contribution in [3.63, 3.8) is 0 Å². The average molecular weight is 507 g/mol. The molecule has 36 heavy (non-hydrogen) atoms. The summed E-state index contributed by atoms with van der Waals surface area (Å²) in [7, 11) is 1.76. The topological polar surface area (TPSA) is 96.5 Å². The Morgan fingerprint density at radius 1 is 1.11 bits per heavy atom. The van der Waals surface area contributed by atoms with Gasteiger partial charge < -0.3 is 14.9 Å². The van der Waals surface area contributed by atoms with E-state index in [1.54, 1.807) is 29.0 Å². The molecule has 9 nitrogen and oxygen atoms in total. The summed E-state index contributed by atoms with van der Waals surface area (Å²) in [4.78, 5) is 37.6. The Hall–Kier alpha value is -3.69. The van der Waals surface area contributed by atoms with E-state index >= 15 is 0 Å². The van der Waals surface area contributed by atoms with Crippen LogP contribution in [0.15, 0.2) is 59.7 Å². The fourth-order valence-electron chi connectivity index (χ4n) is 4.76. The van der Waals surface area contributed by atoms with Crippen LogP contribution in [0.25, 0.3) is 22.0 Å². The van der Waals surface area contributed by atoms with Crippen molar-refractivity contribution in [3.05, 3.63) is 75.8 Å².